The molecule has 2 rings (SSSR count). The minimum Gasteiger partial charge on any atom is -0.356 e. The number of ether oxygens (including phenoxy) is 1. The predicted molar refractivity (Wildman–Crippen MR) is 51.9 cm³/mol. The molecular formula is C8H11N3OS. The van der Waals surface area contributed by atoms with Gasteiger partial charge in [-0.05, 0) is 6.26 Å². The molecule has 0 saturated carbocycles. The molecule has 0 unspecified atom stereocenters. The summed E-state index contributed by atoms with van der Waals surface area (Å²) >= 11 is 1.55. The molecule has 1 aliphatic heterocycles. The van der Waals surface area contributed by atoms with Crippen molar-refractivity contribution in [2.75, 3.05) is 24.9 Å². The van der Waals surface area contributed by atoms with Crippen LogP contribution in [0, 0.1) is 0 Å². The molecule has 13 heavy (non-hydrogen) atoms. The van der Waals surface area contributed by atoms with Crippen LogP contribution in [0.4, 0.5) is 5.82 Å². The predicted octanol–water partition coefficient (Wildman–Crippen LogP) is 1.12. The fraction of sp³-hybridized carbons (Fsp3) is 0.500. The maximum absolute atomic E-state index is 5.32. The van der Waals surface area contributed by atoms with E-state index in [-0.39, 0.29) is 0 Å². The Morgan fingerprint density at radius 2 is 2.46 bits per heavy atom. The minimum atomic E-state index is 0.609. The Balaban J connectivity index is 2.41. The van der Waals surface area contributed by atoms with E-state index in [2.05, 4.69) is 9.97 Å². The molecule has 0 bridgehead atoms. The summed E-state index contributed by atoms with van der Waals surface area (Å²) in [5.74, 6) is 0.991. The van der Waals surface area contributed by atoms with Gasteiger partial charge in [-0.15, -0.1) is 0 Å². The van der Waals surface area contributed by atoms with E-state index >= 15 is 0 Å². The first kappa shape index (κ1) is 8.77. The lowest BCUT2D eigenvalue weighted by atomic mass is 10.3. The Hall–Kier alpha value is -0.810. The molecule has 1 aromatic heterocycles. The molecule has 0 aliphatic carbocycles. The zero-order chi connectivity index (χ0) is 9.26. The third kappa shape index (κ3) is 1.62. The molecule has 4 nitrogen and oxygen atoms in total. The van der Waals surface area contributed by atoms with Gasteiger partial charge in [-0.25, -0.2) is 9.97 Å². The molecule has 1 aromatic rings. The van der Waals surface area contributed by atoms with Crippen molar-refractivity contribution in [1.29, 1.82) is 0 Å². The third-order valence-electron chi connectivity index (χ3n) is 1.91. The molecule has 5 heteroatoms. The average molecular weight is 197 g/mol. The van der Waals surface area contributed by atoms with E-state index in [4.69, 9.17) is 4.74 Å². The number of anilines is 1. The van der Waals surface area contributed by atoms with Gasteiger partial charge < -0.3 is 9.64 Å². The smallest absolute Gasteiger partial charge is 0.189 e. The Morgan fingerprint density at radius 1 is 1.62 bits per heavy atom. The number of nitrogens with zero attached hydrogens (tertiary/aromatic N) is 3. The molecule has 0 spiro atoms. The van der Waals surface area contributed by atoms with Crippen molar-refractivity contribution < 1.29 is 4.74 Å². The van der Waals surface area contributed by atoms with Gasteiger partial charge in [-0.2, -0.15) is 0 Å². The first-order chi connectivity index (χ1) is 6.31. The topological polar surface area (TPSA) is 38.2 Å². The van der Waals surface area contributed by atoms with Gasteiger partial charge in [0.2, 0.25) is 0 Å². The fourth-order valence-corrected chi connectivity index (χ4v) is 1.60. The Morgan fingerprint density at radius 3 is 3.23 bits per heavy atom. The summed E-state index contributed by atoms with van der Waals surface area (Å²) in [5.41, 5.74) is 1.06. The summed E-state index contributed by atoms with van der Waals surface area (Å²) in [6, 6.07) is 0. The van der Waals surface area contributed by atoms with Crippen LogP contribution in [0.15, 0.2) is 11.4 Å². The maximum atomic E-state index is 5.32. The Labute approximate surface area is 81.3 Å². The van der Waals surface area contributed by atoms with E-state index in [1.807, 2.05) is 24.4 Å². The summed E-state index contributed by atoms with van der Waals surface area (Å²) < 4.78 is 5.32. The van der Waals surface area contributed by atoms with Crippen molar-refractivity contribution in [3.8, 4) is 0 Å². The minimum absolute atomic E-state index is 0.609. The van der Waals surface area contributed by atoms with Crippen LogP contribution >= 0.6 is 11.8 Å². The van der Waals surface area contributed by atoms with Crippen LogP contribution < -0.4 is 4.90 Å². The van der Waals surface area contributed by atoms with E-state index in [0.717, 1.165) is 16.5 Å². The van der Waals surface area contributed by atoms with Gasteiger partial charge in [0.15, 0.2) is 5.16 Å². The summed E-state index contributed by atoms with van der Waals surface area (Å²) in [6.07, 6.45) is 3.81. The van der Waals surface area contributed by atoms with Gasteiger partial charge in [0.05, 0.1) is 6.61 Å². The van der Waals surface area contributed by atoms with Crippen LogP contribution in [0.1, 0.15) is 5.56 Å². The highest BCUT2D eigenvalue weighted by molar-refractivity contribution is 7.98. The molecule has 70 valence electrons. The molecule has 0 saturated heterocycles. The van der Waals surface area contributed by atoms with Crippen molar-refractivity contribution in [3.63, 3.8) is 0 Å². The van der Waals surface area contributed by atoms with Crippen molar-refractivity contribution >= 4 is 17.6 Å². The largest absolute Gasteiger partial charge is 0.356 e. The summed E-state index contributed by atoms with van der Waals surface area (Å²) in [5, 5.41) is 0.813. The van der Waals surface area contributed by atoms with Gasteiger partial charge in [0.1, 0.15) is 12.5 Å². The summed E-state index contributed by atoms with van der Waals surface area (Å²) in [6.45, 7) is 1.23. The molecule has 0 atom stereocenters. The Kier molecular flexibility index (Phi) is 2.37. The van der Waals surface area contributed by atoms with E-state index < -0.39 is 0 Å². The maximum Gasteiger partial charge on any atom is 0.189 e. The van der Waals surface area contributed by atoms with Crippen molar-refractivity contribution in [3.05, 3.63) is 11.8 Å². The van der Waals surface area contributed by atoms with E-state index in [9.17, 15) is 0 Å². The molecule has 0 aromatic carbocycles. The lowest BCUT2D eigenvalue weighted by Gasteiger charge is -2.25. The number of aromatic nitrogens is 2. The monoisotopic (exact) mass is 197 g/mol. The van der Waals surface area contributed by atoms with Crippen molar-refractivity contribution in [2.45, 2.75) is 11.8 Å². The summed E-state index contributed by atoms with van der Waals surface area (Å²) in [7, 11) is 1.97. The first-order valence-electron chi connectivity index (χ1n) is 4.00. The van der Waals surface area contributed by atoms with Gasteiger partial charge in [-0.3, -0.25) is 0 Å². The van der Waals surface area contributed by atoms with Gasteiger partial charge in [0, 0.05) is 18.8 Å². The fourth-order valence-electron chi connectivity index (χ4n) is 1.27. The lowest BCUT2D eigenvalue weighted by Crippen LogP contribution is -2.28. The van der Waals surface area contributed by atoms with Crippen LogP contribution in [0.2, 0.25) is 0 Å². The van der Waals surface area contributed by atoms with Gasteiger partial charge in [-0.1, -0.05) is 11.8 Å². The molecule has 0 amide bonds. The second-order valence-corrected chi connectivity index (χ2v) is 3.65. The Bertz CT molecular complexity index is 318. The molecule has 0 fully saturated rings. The number of thioether (sulfide) groups is 1. The number of rotatable bonds is 1. The molecule has 1 aliphatic rings. The highest BCUT2D eigenvalue weighted by atomic mass is 32.2. The van der Waals surface area contributed by atoms with Gasteiger partial charge >= 0.3 is 0 Å². The summed E-state index contributed by atoms with van der Waals surface area (Å²) in [4.78, 5) is 10.6. The van der Waals surface area contributed by atoms with Crippen LogP contribution in [0.5, 0.6) is 0 Å². The van der Waals surface area contributed by atoms with Crippen LogP contribution in [-0.2, 0) is 11.3 Å². The molecule has 0 radical (unpaired) electrons. The zero-order valence-electron chi connectivity index (χ0n) is 7.65. The highest BCUT2D eigenvalue weighted by Gasteiger charge is 2.16. The molecule has 2 heterocycles. The van der Waals surface area contributed by atoms with Crippen molar-refractivity contribution in [1.82, 2.24) is 9.97 Å². The second-order valence-electron chi connectivity index (χ2n) is 2.88. The van der Waals surface area contributed by atoms with Crippen molar-refractivity contribution in [2.24, 2.45) is 0 Å². The van der Waals surface area contributed by atoms with Crippen LogP contribution in [-0.4, -0.2) is 30.0 Å². The SMILES string of the molecule is CSc1ncc2c(n1)N(C)COC2. The number of fused-ring (bicyclic) bond motifs is 1. The first-order valence-corrected chi connectivity index (χ1v) is 5.22. The normalized spacial score (nSPS) is 15.7. The van der Waals surface area contributed by atoms with E-state index in [1.165, 1.54) is 0 Å². The van der Waals surface area contributed by atoms with Gasteiger partial charge in [0.25, 0.3) is 0 Å². The number of hydrogen-bond donors (Lipinski definition) is 0. The standard InChI is InChI=1S/C8H11N3OS/c1-11-5-12-4-6-3-9-8(13-2)10-7(6)11/h3H,4-5H2,1-2H3. The van der Waals surface area contributed by atoms with Crippen LogP contribution in [0.25, 0.3) is 0 Å². The molecule has 0 N–H and O–H groups in total. The molecular weight excluding hydrogens is 186 g/mol. The van der Waals surface area contributed by atoms with E-state index in [0.29, 0.717) is 13.3 Å². The quantitative estimate of drug-likeness (QED) is 0.498. The zero-order valence-corrected chi connectivity index (χ0v) is 8.47. The van der Waals surface area contributed by atoms with E-state index in [1.54, 1.807) is 11.8 Å². The lowest BCUT2D eigenvalue weighted by molar-refractivity contribution is 0.112. The average Bonchev–Trinajstić information content (AvgIpc) is 2.18. The second kappa shape index (κ2) is 3.51. The van der Waals surface area contributed by atoms with Crippen LogP contribution in [0.3, 0.4) is 0 Å². The third-order valence-corrected chi connectivity index (χ3v) is 2.47. The number of hydrogen-bond acceptors (Lipinski definition) is 5. The highest BCUT2D eigenvalue weighted by Crippen LogP contribution is 2.23.